The minimum absolute atomic E-state index is 0.00225. The minimum atomic E-state index is -4.62. The molecule has 63 heavy (non-hydrogen) atoms. The van der Waals surface area contributed by atoms with E-state index in [9.17, 15) is 29.2 Å². The van der Waals surface area contributed by atoms with Gasteiger partial charge in [-0.05, 0) is 29.2 Å². The standard InChI is InChI=1S/C47H83N4O11P/c1-3-5-7-9-11-13-15-17-19-21-23-25-27-29-31-33-44(52)58-39-41(61-45(53)34-32-30-28-26-24-22-20-18-16-14-12-10-8-6-4-2)40-60-63(56,57)59-38-37-48-42-35-36-43(51(54)55)47-46(42)49-62-50-47/h35-36,41,48H,3-34,37-40H2,1-2H3,(H,56,57)/t41-/m1/s1. The summed E-state index contributed by atoms with van der Waals surface area (Å²) < 4.78 is 38.7. The molecule has 0 aliphatic heterocycles. The van der Waals surface area contributed by atoms with E-state index in [-0.39, 0.29) is 49.3 Å². The topological polar surface area (TPSA) is 202 Å². The molecule has 2 N–H and O–H groups in total. The van der Waals surface area contributed by atoms with E-state index in [2.05, 4.69) is 34.1 Å². The first-order chi connectivity index (χ1) is 30.7. The highest BCUT2D eigenvalue weighted by atomic mass is 31.2. The maximum atomic E-state index is 12.8. The molecule has 16 heteroatoms. The van der Waals surface area contributed by atoms with Crippen LogP contribution in [-0.2, 0) is 32.7 Å². The second kappa shape index (κ2) is 37.1. The highest BCUT2D eigenvalue weighted by Crippen LogP contribution is 2.43. The number of benzene rings is 1. The van der Waals surface area contributed by atoms with Crippen LogP contribution in [0.4, 0.5) is 11.4 Å². The van der Waals surface area contributed by atoms with Crippen LogP contribution >= 0.6 is 7.82 Å². The van der Waals surface area contributed by atoms with Gasteiger partial charge in [0.2, 0.25) is 5.52 Å². The zero-order valence-electron chi connectivity index (χ0n) is 39.0. The number of phosphoric ester groups is 1. The Morgan fingerprint density at radius 3 is 1.54 bits per heavy atom. The summed E-state index contributed by atoms with van der Waals surface area (Å²) in [7, 11) is -4.62. The third-order valence-corrected chi connectivity index (χ3v) is 12.4. The average Bonchev–Trinajstić information content (AvgIpc) is 3.76. The zero-order chi connectivity index (χ0) is 45.6. The number of hydrogen-bond acceptors (Lipinski definition) is 13. The number of unbranched alkanes of at least 4 members (excludes halogenated alkanes) is 28. The predicted octanol–water partition coefficient (Wildman–Crippen LogP) is 13.7. The van der Waals surface area contributed by atoms with Gasteiger partial charge in [0.1, 0.15) is 6.61 Å². The molecule has 2 rings (SSSR count). The van der Waals surface area contributed by atoms with Crippen LogP contribution < -0.4 is 5.32 Å². The van der Waals surface area contributed by atoms with Crippen molar-refractivity contribution >= 4 is 42.2 Å². The van der Waals surface area contributed by atoms with Gasteiger partial charge in [0.05, 0.1) is 23.8 Å². The van der Waals surface area contributed by atoms with Gasteiger partial charge in [-0.15, -0.1) is 0 Å². The molecule has 2 atom stereocenters. The Labute approximate surface area is 378 Å². The molecule has 0 aliphatic rings. The molecule has 0 saturated heterocycles. The van der Waals surface area contributed by atoms with Crippen molar-refractivity contribution in [3.05, 3.63) is 22.2 Å². The molecular formula is C47H83N4O11P. The molecule has 1 aromatic carbocycles. The van der Waals surface area contributed by atoms with Crippen LogP contribution in [0.25, 0.3) is 11.0 Å². The molecule has 0 spiro atoms. The Balaban J connectivity index is 1.69. The lowest BCUT2D eigenvalue weighted by molar-refractivity contribution is -0.383. The van der Waals surface area contributed by atoms with Gasteiger partial charge in [-0.25, -0.2) is 9.19 Å². The van der Waals surface area contributed by atoms with Gasteiger partial charge in [0.15, 0.2) is 11.6 Å². The van der Waals surface area contributed by atoms with Crippen molar-refractivity contribution in [1.29, 1.82) is 0 Å². The van der Waals surface area contributed by atoms with E-state index in [1.165, 1.54) is 153 Å². The number of phosphoric acid groups is 1. The van der Waals surface area contributed by atoms with Crippen molar-refractivity contribution in [1.82, 2.24) is 10.3 Å². The lowest BCUT2D eigenvalue weighted by atomic mass is 10.0. The number of hydrogen-bond donors (Lipinski definition) is 2. The Hall–Kier alpha value is -3.13. The van der Waals surface area contributed by atoms with E-state index in [1.54, 1.807) is 0 Å². The summed E-state index contributed by atoms with van der Waals surface area (Å²) in [6, 6.07) is 2.66. The normalized spacial score (nSPS) is 12.9. The van der Waals surface area contributed by atoms with Crippen LogP contribution in [0.1, 0.15) is 219 Å². The number of anilines is 1. The number of carbonyl (C=O) groups is 2. The fourth-order valence-corrected chi connectivity index (χ4v) is 8.36. The SMILES string of the molecule is CCCCCCCCCCCCCCCCCC(=O)OC[C@H](COP(=O)(O)OCCNc1ccc([N+](=O)[O-])c2nonc12)OC(=O)CCCCCCCCCCCCCCCCC. The Kier molecular flexibility index (Phi) is 33.0. The highest BCUT2D eigenvalue weighted by molar-refractivity contribution is 7.47. The molecule has 0 radical (unpaired) electrons. The number of fused-ring (bicyclic) bond motifs is 1. The van der Waals surface area contributed by atoms with Gasteiger partial charge < -0.3 is 19.7 Å². The monoisotopic (exact) mass is 911 g/mol. The third kappa shape index (κ3) is 29.1. The number of non-ortho nitro benzene ring substituents is 1. The molecule has 1 aromatic heterocycles. The van der Waals surface area contributed by atoms with Gasteiger partial charge in [-0.2, -0.15) is 0 Å². The maximum Gasteiger partial charge on any atom is 0.472 e. The number of esters is 2. The number of ether oxygens (including phenoxy) is 2. The first-order valence-electron chi connectivity index (χ1n) is 24.8. The van der Waals surface area contributed by atoms with E-state index < -0.39 is 37.4 Å². The van der Waals surface area contributed by atoms with Crippen LogP contribution in [0.5, 0.6) is 0 Å². The molecule has 2 aromatic rings. The number of rotatable bonds is 44. The summed E-state index contributed by atoms with van der Waals surface area (Å²) in [6.45, 7) is 3.37. The number of nitro benzene ring substituents is 1. The summed E-state index contributed by atoms with van der Waals surface area (Å²) in [5, 5.41) is 21.5. The van der Waals surface area contributed by atoms with Crippen molar-refractivity contribution < 1.29 is 47.1 Å². The number of aromatic nitrogens is 2. The fourth-order valence-electron chi connectivity index (χ4n) is 7.61. The number of carbonyl (C=O) groups excluding carboxylic acids is 2. The fraction of sp³-hybridized carbons (Fsp3) is 0.830. The van der Waals surface area contributed by atoms with Crippen LogP contribution in [0.2, 0.25) is 0 Å². The van der Waals surface area contributed by atoms with Crippen LogP contribution in [0.3, 0.4) is 0 Å². The van der Waals surface area contributed by atoms with Crippen LogP contribution in [-0.4, -0.2) is 64.5 Å². The number of nitrogens with zero attached hydrogens (tertiary/aromatic N) is 3. The first-order valence-corrected chi connectivity index (χ1v) is 26.3. The van der Waals surface area contributed by atoms with Crippen molar-refractivity contribution in [2.45, 2.75) is 225 Å². The van der Waals surface area contributed by atoms with E-state index in [1.807, 2.05) is 0 Å². The van der Waals surface area contributed by atoms with Gasteiger partial charge in [-0.3, -0.25) is 28.8 Å². The van der Waals surface area contributed by atoms with Crippen LogP contribution in [0.15, 0.2) is 16.8 Å². The van der Waals surface area contributed by atoms with Gasteiger partial charge in [0.25, 0.3) is 0 Å². The van der Waals surface area contributed by atoms with Gasteiger partial charge in [-0.1, -0.05) is 194 Å². The maximum absolute atomic E-state index is 12.8. The van der Waals surface area contributed by atoms with Gasteiger partial charge >= 0.3 is 25.4 Å². The van der Waals surface area contributed by atoms with E-state index in [4.69, 9.17) is 18.5 Å². The Morgan fingerprint density at radius 2 is 1.08 bits per heavy atom. The predicted molar refractivity (Wildman–Crippen MR) is 249 cm³/mol. The van der Waals surface area contributed by atoms with Crippen LogP contribution in [0, 0.1) is 10.1 Å². The molecule has 0 saturated carbocycles. The molecule has 1 unspecified atom stereocenters. The second-order valence-corrected chi connectivity index (χ2v) is 18.5. The van der Waals surface area contributed by atoms with Crippen molar-refractivity contribution in [3.8, 4) is 0 Å². The van der Waals surface area contributed by atoms with Crippen molar-refractivity contribution in [3.63, 3.8) is 0 Å². The minimum Gasteiger partial charge on any atom is -0.462 e. The van der Waals surface area contributed by atoms with E-state index in [0.717, 1.165) is 38.5 Å². The Bertz CT molecular complexity index is 1530. The van der Waals surface area contributed by atoms with Crippen molar-refractivity contribution in [2.75, 3.05) is 31.7 Å². The number of nitro groups is 1. The highest BCUT2D eigenvalue weighted by Gasteiger charge is 2.26. The summed E-state index contributed by atoms with van der Waals surface area (Å²) in [5.74, 6) is -0.920. The summed E-state index contributed by atoms with van der Waals surface area (Å²) in [4.78, 5) is 46.5. The zero-order valence-corrected chi connectivity index (χ0v) is 39.9. The average molecular weight is 911 g/mol. The molecule has 15 nitrogen and oxygen atoms in total. The number of nitrogens with one attached hydrogen (secondary N) is 1. The molecular weight excluding hydrogens is 828 g/mol. The van der Waals surface area contributed by atoms with E-state index in [0.29, 0.717) is 18.5 Å². The Morgan fingerprint density at radius 1 is 0.651 bits per heavy atom. The molecule has 0 fully saturated rings. The molecule has 0 bridgehead atoms. The first kappa shape index (κ1) is 56.0. The smallest absolute Gasteiger partial charge is 0.462 e. The third-order valence-electron chi connectivity index (χ3n) is 11.4. The lowest BCUT2D eigenvalue weighted by Crippen LogP contribution is -2.29. The molecule has 0 amide bonds. The van der Waals surface area contributed by atoms with E-state index >= 15 is 0 Å². The van der Waals surface area contributed by atoms with Crippen molar-refractivity contribution in [2.24, 2.45) is 0 Å². The molecule has 362 valence electrons. The quantitative estimate of drug-likeness (QED) is 0.0209. The molecule has 1 heterocycles. The largest absolute Gasteiger partial charge is 0.472 e. The second-order valence-electron chi connectivity index (χ2n) is 17.1. The molecule has 0 aliphatic carbocycles. The van der Waals surface area contributed by atoms with Gasteiger partial charge in [0, 0.05) is 25.5 Å². The summed E-state index contributed by atoms with van der Waals surface area (Å²) in [5.41, 5.74) is 0.150. The lowest BCUT2D eigenvalue weighted by Gasteiger charge is -2.20. The summed E-state index contributed by atoms with van der Waals surface area (Å²) in [6.07, 6.45) is 35.9. The summed E-state index contributed by atoms with van der Waals surface area (Å²) >= 11 is 0.